The van der Waals surface area contributed by atoms with Gasteiger partial charge in [-0.3, -0.25) is 9.79 Å². The second-order valence-electron chi connectivity index (χ2n) is 4.89. The number of benzene rings is 1. The van der Waals surface area contributed by atoms with Gasteiger partial charge < -0.3 is 9.84 Å². The van der Waals surface area contributed by atoms with Crippen LogP contribution in [0.3, 0.4) is 0 Å². The number of ether oxygens (including phenoxy) is 1. The molecular weight excluding hydrogens is 286 g/mol. The van der Waals surface area contributed by atoms with Gasteiger partial charge in [0.25, 0.3) is 0 Å². The number of thiophene rings is 1. The van der Waals surface area contributed by atoms with Crippen LogP contribution >= 0.6 is 11.3 Å². The Balaban J connectivity index is 2.27. The summed E-state index contributed by atoms with van der Waals surface area (Å²) in [6.45, 7) is 7.76. The minimum absolute atomic E-state index is 0.0495. The molecule has 21 heavy (non-hydrogen) atoms. The van der Waals surface area contributed by atoms with Gasteiger partial charge in [-0.2, -0.15) is 0 Å². The summed E-state index contributed by atoms with van der Waals surface area (Å²) in [5.41, 5.74) is 2.88. The second kappa shape index (κ2) is 6.54. The molecule has 1 aromatic carbocycles. The average Bonchev–Trinajstić information content (AvgIpc) is 2.79. The molecule has 1 N–H and O–H groups in total. The largest absolute Gasteiger partial charge is 0.489 e. The Hall–Kier alpha value is -2.14. The van der Waals surface area contributed by atoms with Crippen LogP contribution in [-0.2, 0) is 11.2 Å². The SMILES string of the molecule is C=N/C=C(\C)COc1cc(C)c2c(CC(=O)O)csc2c1. The smallest absolute Gasteiger partial charge is 0.307 e. The molecule has 0 fully saturated rings. The quantitative estimate of drug-likeness (QED) is 0.825. The van der Waals surface area contributed by atoms with E-state index in [0.717, 1.165) is 32.5 Å². The van der Waals surface area contributed by atoms with Crippen LogP contribution in [0.15, 0.2) is 34.3 Å². The Morgan fingerprint density at radius 3 is 2.95 bits per heavy atom. The molecule has 0 radical (unpaired) electrons. The Labute approximate surface area is 127 Å². The van der Waals surface area contributed by atoms with Crippen LogP contribution < -0.4 is 4.74 Å². The third kappa shape index (κ3) is 3.70. The van der Waals surface area contributed by atoms with Crippen molar-refractivity contribution in [3.8, 4) is 5.75 Å². The fourth-order valence-corrected chi connectivity index (χ4v) is 3.25. The minimum Gasteiger partial charge on any atom is -0.489 e. The standard InChI is InChI=1S/C16H17NO3S/c1-10(7-17-3)8-20-13-4-11(2)16-12(5-15(18)19)9-21-14(16)6-13/h4,6-7,9H,3,5,8H2,1-2H3,(H,18,19)/b10-7+. The van der Waals surface area contributed by atoms with Crippen molar-refractivity contribution in [1.29, 1.82) is 0 Å². The number of aliphatic carboxylic acids is 1. The number of carboxylic acids is 1. The first-order chi connectivity index (χ1) is 10.0. The fraction of sp³-hybridized carbons (Fsp3) is 0.250. The van der Waals surface area contributed by atoms with Crippen molar-refractivity contribution in [3.05, 3.63) is 40.4 Å². The van der Waals surface area contributed by atoms with Gasteiger partial charge in [-0.1, -0.05) is 0 Å². The number of fused-ring (bicyclic) bond motifs is 1. The number of nitrogens with zero attached hydrogens (tertiary/aromatic N) is 1. The molecule has 0 amide bonds. The maximum absolute atomic E-state index is 10.9. The van der Waals surface area contributed by atoms with E-state index < -0.39 is 5.97 Å². The van der Waals surface area contributed by atoms with Crippen molar-refractivity contribution in [2.75, 3.05) is 6.61 Å². The van der Waals surface area contributed by atoms with Crippen LogP contribution in [0.2, 0.25) is 0 Å². The average molecular weight is 303 g/mol. The summed E-state index contributed by atoms with van der Waals surface area (Å²) >= 11 is 1.54. The van der Waals surface area contributed by atoms with Gasteiger partial charge in [0.2, 0.25) is 0 Å². The van der Waals surface area contributed by atoms with Gasteiger partial charge in [0.1, 0.15) is 12.4 Å². The Bertz CT molecular complexity index is 716. The zero-order valence-electron chi connectivity index (χ0n) is 12.0. The zero-order valence-corrected chi connectivity index (χ0v) is 12.9. The molecule has 0 unspecified atom stereocenters. The molecular formula is C16H17NO3S. The van der Waals surface area contributed by atoms with Crippen molar-refractivity contribution in [3.63, 3.8) is 0 Å². The van der Waals surface area contributed by atoms with Gasteiger partial charge in [0, 0.05) is 10.9 Å². The number of carbonyl (C=O) groups is 1. The normalized spacial score (nSPS) is 11.6. The highest BCUT2D eigenvalue weighted by atomic mass is 32.1. The second-order valence-corrected chi connectivity index (χ2v) is 5.80. The Morgan fingerprint density at radius 2 is 2.29 bits per heavy atom. The van der Waals surface area contributed by atoms with Crippen LogP contribution in [0, 0.1) is 6.92 Å². The lowest BCUT2D eigenvalue weighted by molar-refractivity contribution is -0.136. The molecule has 110 valence electrons. The van der Waals surface area contributed by atoms with Crippen molar-refractivity contribution < 1.29 is 14.6 Å². The maximum Gasteiger partial charge on any atom is 0.307 e. The Morgan fingerprint density at radius 1 is 1.52 bits per heavy atom. The summed E-state index contributed by atoms with van der Waals surface area (Å²) in [4.78, 5) is 14.6. The highest BCUT2D eigenvalue weighted by molar-refractivity contribution is 7.17. The van der Waals surface area contributed by atoms with Gasteiger partial charge in [0.05, 0.1) is 6.42 Å². The monoisotopic (exact) mass is 303 g/mol. The van der Waals surface area contributed by atoms with Gasteiger partial charge >= 0.3 is 5.97 Å². The first kappa shape index (κ1) is 15.3. The van der Waals surface area contributed by atoms with Crippen molar-refractivity contribution in [2.45, 2.75) is 20.3 Å². The predicted molar refractivity (Wildman–Crippen MR) is 86.7 cm³/mol. The molecule has 2 rings (SSSR count). The molecule has 4 nitrogen and oxygen atoms in total. The van der Waals surface area contributed by atoms with E-state index >= 15 is 0 Å². The molecule has 5 heteroatoms. The number of aryl methyl sites for hydroxylation is 1. The highest BCUT2D eigenvalue weighted by Gasteiger charge is 2.11. The highest BCUT2D eigenvalue weighted by Crippen LogP contribution is 2.33. The van der Waals surface area contributed by atoms with Gasteiger partial charge in [-0.15, -0.1) is 11.3 Å². The van der Waals surface area contributed by atoms with Crippen LogP contribution in [-0.4, -0.2) is 24.4 Å². The van der Waals surface area contributed by atoms with Crippen LogP contribution in [0.4, 0.5) is 0 Å². The summed E-state index contributed by atoms with van der Waals surface area (Å²) in [5.74, 6) is -0.0346. The van der Waals surface area contributed by atoms with Gasteiger partial charge in [-0.25, -0.2) is 0 Å². The molecule has 1 heterocycles. The van der Waals surface area contributed by atoms with E-state index in [9.17, 15) is 4.79 Å². The molecule has 0 aliphatic heterocycles. The summed E-state index contributed by atoms with van der Waals surface area (Å²) in [6.07, 6.45) is 1.72. The fourth-order valence-electron chi connectivity index (χ4n) is 2.19. The number of hydrogen-bond donors (Lipinski definition) is 1. The van der Waals surface area contributed by atoms with Gasteiger partial charge in [0.15, 0.2) is 0 Å². The third-order valence-electron chi connectivity index (χ3n) is 3.04. The topological polar surface area (TPSA) is 58.9 Å². The van der Waals surface area contributed by atoms with Crippen molar-refractivity contribution >= 4 is 34.1 Å². The van der Waals surface area contributed by atoms with Crippen molar-refractivity contribution in [1.82, 2.24) is 0 Å². The minimum atomic E-state index is -0.813. The molecule has 0 bridgehead atoms. The lowest BCUT2D eigenvalue weighted by atomic mass is 10.1. The van der Waals surface area contributed by atoms with E-state index in [1.165, 1.54) is 0 Å². The van der Waals surface area contributed by atoms with E-state index in [-0.39, 0.29) is 6.42 Å². The molecule has 2 aromatic rings. The van der Waals surface area contributed by atoms with Crippen LogP contribution in [0.25, 0.3) is 10.1 Å². The van der Waals surface area contributed by atoms with E-state index in [0.29, 0.717) is 6.61 Å². The molecule has 0 spiro atoms. The number of aliphatic imine (C=N–C) groups is 1. The summed E-state index contributed by atoms with van der Waals surface area (Å²) in [6, 6.07) is 3.89. The summed E-state index contributed by atoms with van der Waals surface area (Å²) < 4.78 is 6.78. The lowest BCUT2D eigenvalue weighted by Crippen LogP contribution is -2.00. The maximum atomic E-state index is 10.9. The van der Waals surface area contributed by atoms with E-state index in [1.807, 2.05) is 31.4 Å². The van der Waals surface area contributed by atoms with Crippen LogP contribution in [0.5, 0.6) is 5.75 Å². The van der Waals surface area contributed by atoms with E-state index in [4.69, 9.17) is 9.84 Å². The molecule has 0 atom stereocenters. The molecule has 0 aliphatic rings. The third-order valence-corrected chi connectivity index (χ3v) is 4.02. The molecule has 0 saturated carbocycles. The summed E-state index contributed by atoms with van der Waals surface area (Å²) in [7, 11) is 0. The van der Waals surface area contributed by atoms with Crippen molar-refractivity contribution in [2.24, 2.45) is 4.99 Å². The molecule has 1 aromatic heterocycles. The first-order valence-electron chi connectivity index (χ1n) is 6.48. The molecule has 0 aliphatic carbocycles. The Kier molecular flexibility index (Phi) is 4.75. The van der Waals surface area contributed by atoms with Gasteiger partial charge in [-0.05, 0) is 60.2 Å². The number of hydrogen-bond acceptors (Lipinski definition) is 4. The van der Waals surface area contributed by atoms with E-state index in [2.05, 4.69) is 11.7 Å². The predicted octanol–water partition coefficient (Wildman–Crippen LogP) is 3.82. The van der Waals surface area contributed by atoms with E-state index in [1.54, 1.807) is 17.5 Å². The number of rotatable bonds is 6. The first-order valence-corrected chi connectivity index (χ1v) is 7.36. The van der Waals surface area contributed by atoms with Crippen LogP contribution in [0.1, 0.15) is 18.1 Å². The zero-order chi connectivity index (χ0) is 15.4. The number of carboxylic acid groups (broad SMARTS) is 1. The molecule has 0 saturated heterocycles. The lowest BCUT2D eigenvalue weighted by Gasteiger charge is -2.08. The summed E-state index contributed by atoms with van der Waals surface area (Å²) in [5, 5.41) is 11.9.